The average molecular weight is 973 g/mol. The Bertz CT molecular complexity index is 1080. The van der Waals surface area contributed by atoms with Crippen molar-refractivity contribution in [2.45, 2.75) is 353 Å². The molecular formula is C63H121NO5. The summed E-state index contributed by atoms with van der Waals surface area (Å²) in [5.41, 5.74) is 0. The zero-order chi connectivity index (χ0) is 50.0. The number of ether oxygens (including phenoxy) is 1. The van der Waals surface area contributed by atoms with Gasteiger partial charge in [0.15, 0.2) is 0 Å². The number of esters is 1. The molecule has 0 heterocycles. The van der Waals surface area contributed by atoms with Gasteiger partial charge in [-0.2, -0.15) is 0 Å². The van der Waals surface area contributed by atoms with E-state index in [2.05, 4.69) is 43.5 Å². The molecule has 0 aromatic heterocycles. The van der Waals surface area contributed by atoms with Crippen molar-refractivity contribution in [3.63, 3.8) is 0 Å². The van der Waals surface area contributed by atoms with Gasteiger partial charge in [0.2, 0.25) is 5.91 Å². The minimum Gasteiger partial charge on any atom is -0.466 e. The summed E-state index contributed by atoms with van der Waals surface area (Å²) in [6.07, 6.45) is 71.8. The van der Waals surface area contributed by atoms with Crippen LogP contribution in [-0.4, -0.2) is 47.4 Å². The molecular weight excluding hydrogens is 851 g/mol. The molecule has 0 aromatic carbocycles. The minimum absolute atomic E-state index is 0.00286. The number of carbonyl (C=O) groups is 2. The third-order valence-electron chi connectivity index (χ3n) is 14.5. The molecule has 6 nitrogen and oxygen atoms in total. The van der Waals surface area contributed by atoms with Crippen molar-refractivity contribution in [3.05, 3.63) is 24.3 Å². The van der Waals surface area contributed by atoms with Gasteiger partial charge in [0.25, 0.3) is 0 Å². The number of hydrogen-bond acceptors (Lipinski definition) is 5. The lowest BCUT2D eigenvalue weighted by Crippen LogP contribution is -2.45. The van der Waals surface area contributed by atoms with Crippen molar-refractivity contribution < 1.29 is 24.5 Å². The molecule has 0 radical (unpaired) electrons. The van der Waals surface area contributed by atoms with Gasteiger partial charge in [0, 0.05) is 12.8 Å². The molecule has 69 heavy (non-hydrogen) atoms. The van der Waals surface area contributed by atoms with Gasteiger partial charge < -0.3 is 20.3 Å². The molecule has 0 aliphatic rings. The number of nitrogens with one attached hydrogen (secondary N) is 1. The highest BCUT2D eigenvalue weighted by Crippen LogP contribution is 2.18. The predicted molar refractivity (Wildman–Crippen MR) is 301 cm³/mol. The standard InChI is InChI=1S/C63H121NO5/c1-3-5-7-9-11-13-15-17-19-24-28-31-35-39-43-47-51-55-61(66)60(59-65)64-62(67)56-52-48-44-40-36-32-29-25-22-20-21-23-26-30-34-38-42-46-50-54-58-69-63(68)57-53-49-45-41-37-33-27-18-16-14-12-10-8-6-4-2/h12,14,18,27,60-61,65-66H,3-11,13,15-17,19-26,28-59H2,1-2H3,(H,64,67)/b14-12-,27-18-. The predicted octanol–water partition coefficient (Wildman–Crippen LogP) is 19.4. The Morgan fingerprint density at radius 1 is 0.406 bits per heavy atom. The molecule has 0 aliphatic carbocycles. The van der Waals surface area contributed by atoms with Crippen molar-refractivity contribution in [2.75, 3.05) is 13.2 Å². The molecule has 2 atom stereocenters. The third kappa shape index (κ3) is 55.5. The van der Waals surface area contributed by atoms with E-state index in [0.717, 1.165) is 51.4 Å². The van der Waals surface area contributed by atoms with Crippen LogP contribution in [0.15, 0.2) is 24.3 Å². The number of aliphatic hydroxyl groups excluding tert-OH is 2. The first kappa shape index (κ1) is 67.3. The molecule has 1 amide bonds. The molecule has 6 heteroatoms. The van der Waals surface area contributed by atoms with Crippen LogP contribution in [0.4, 0.5) is 0 Å². The quantitative estimate of drug-likeness (QED) is 0.0321. The van der Waals surface area contributed by atoms with E-state index < -0.39 is 12.1 Å². The summed E-state index contributed by atoms with van der Waals surface area (Å²) in [5.74, 6) is -0.0374. The highest BCUT2D eigenvalue weighted by Gasteiger charge is 2.20. The molecule has 3 N–H and O–H groups in total. The molecule has 0 saturated heterocycles. The van der Waals surface area contributed by atoms with E-state index in [0.29, 0.717) is 25.9 Å². The van der Waals surface area contributed by atoms with Crippen LogP contribution < -0.4 is 5.32 Å². The fraction of sp³-hybridized carbons (Fsp3) is 0.905. The lowest BCUT2D eigenvalue weighted by atomic mass is 10.0. The molecule has 0 saturated carbocycles. The molecule has 0 rings (SSSR count). The SMILES string of the molecule is CCCCC/C=C\C/C=C\CCCCCCCC(=O)OCCCCCCCCCCCCCCCCCCCCCCC(=O)NC(CO)C(O)CCCCCCCCCCCCCCCCCCC. The van der Waals surface area contributed by atoms with E-state index in [4.69, 9.17) is 4.74 Å². The second-order valence-electron chi connectivity index (χ2n) is 21.4. The van der Waals surface area contributed by atoms with Crippen LogP contribution in [0.5, 0.6) is 0 Å². The lowest BCUT2D eigenvalue weighted by molar-refractivity contribution is -0.143. The van der Waals surface area contributed by atoms with E-state index in [1.165, 1.54) is 257 Å². The zero-order valence-electron chi connectivity index (χ0n) is 46.6. The lowest BCUT2D eigenvalue weighted by Gasteiger charge is -2.22. The fourth-order valence-electron chi connectivity index (χ4n) is 9.73. The molecule has 0 spiro atoms. The van der Waals surface area contributed by atoms with E-state index in [1.54, 1.807) is 0 Å². The van der Waals surface area contributed by atoms with Gasteiger partial charge in [-0.15, -0.1) is 0 Å². The average Bonchev–Trinajstić information content (AvgIpc) is 3.35. The van der Waals surface area contributed by atoms with Crippen molar-refractivity contribution in [2.24, 2.45) is 0 Å². The summed E-state index contributed by atoms with van der Waals surface area (Å²) >= 11 is 0. The molecule has 408 valence electrons. The second-order valence-corrected chi connectivity index (χ2v) is 21.4. The van der Waals surface area contributed by atoms with Gasteiger partial charge in [-0.1, -0.05) is 295 Å². The molecule has 0 bridgehead atoms. The number of amides is 1. The number of aliphatic hydroxyl groups is 2. The van der Waals surface area contributed by atoms with Crippen LogP contribution in [0, 0.1) is 0 Å². The Labute approximate surface area is 431 Å². The normalized spacial score (nSPS) is 12.7. The van der Waals surface area contributed by atoms with Gasteiger partial charge >= 0.3 is 5.97 Å². The molecule has 0 aliphatic heterocycles. The number of unbranched alkanes of at least 4 members (excludes halogenated alkanes) is 43. The molecule has 0 aromatic rings. The van der Waals surface area contributed by atoms with Gasteiger partial charge in [0.1, 0.15) is 0 Å². The van der Waals surface area contributed by atoms with Crippen molar-refractivity contribution in [1.82, 2.24) is 5.32 Å². The van der Waals surface area contributed by atoms with Crippen LogP contribution in [0.1, 0.15) is 341 Å². The van der Waals surface area contributed by atoms with Crippen LogP contribution in [0.3, 0.4) is 0 Å². The molecule has 2 unspecified atom stereocenters. The van der Waals surface area contributed by atoms with Crippen LogP contribution in [0.2, 0.25) is 0 Å². The van der Waals surface area contributed by atoms with Gasteiger partial charge in [-0.3, -0.25) is 9.59 Å². The maximum atomic E-state index is 12.5. The van der Waals surface area contributed by atoms with Gasteiger partial charge in [-0.05, 0) is 57.8 Å². The highest BCUT2D eigenvalue weighted by molar-refractivity contribution is 5.76. The fourth-order valence-corrected chi connectivity index (χ4v) is 9.73. The van der Waals surface area contributed by atoms with Crippen LogP contribution in [0.25, 0.3) is 0 Å². The second kappa shape index (κ2) is 58.9. The van der Waals surface area contributed by atoms with Crippen LogP contribution in [-0.2, 0) is 14.3 Å². The maximum Gasteiger partial charge on any atom is 0.305 e. The zero-order valence-corrected chi connectivity index (χ0v) is 46.6. The van der Waals surface area contributed by atoms with Crippen molar-refractivity contribution in [3.8, 4) is 0 Å². The summed E-state index contributed by atoms with van der Waals surface area (Å²) < 4.78 is 5.48. The van der Waals surface area contributed by atoms with E-state index >= 15 is 0 Å². The third-order valence-corrected chi connectivity index (χ3v) is 14.5. The Morgan fingerprint density at radius 2 is 0.725 bits per heavy atom. The van der Waals surface area contributed by atoms with E-state index in [9.17, 15) is 19.8 Å². The Balaban J connectivity index is 3.40. The molecule has 0 fully saturated rings. The summed E-state index contributed by atoms with van der Waals surface area (Å²) in [5, 5.41) is 23.3. The smallest absolute Gasteiger partial charge is 0.305 e. The first-order valence-corrected chi connectivity index (χ1v) is 31.1. The number of hydrogen-bond donors (Lipinski definition) is 3. The summed E-state index contributed by atoms with van der Waals surface area (Å²) in [4.78, 5) is 24.6. The summed E-state index contributed by atoms with van der Waals surface area (Å²) in [6, 6.07) is -0.543. The first-order valence-electron chi connectivity index (χ1n) is 31.1. The minimum atomic E-state index is -0.666. The number of rotatable bonds is 58. The van der Waals surface area contributed by atoms with E-state index in [1.807, 2.05) is 0 Å². The Morgan fingerprint density at radius 3 is 1.13 bits per heavy atom. The van der Waals surface area contributed by atoms with Crippen molar-refractivity contribution >= 4 is 11.9 Å². The summed E-state index contributed by atoms with van der Waals surface area (Å²) in [7, 11) is 0. The first-order chi connectivity index (χ1) is 34.0. The van der Waals surface area contributed by atoms with Crippen molar-refractivity contribution in [1.29, 1.82) is 0 Å². The maximum absolute atomic E-state index is 12.5. The van der Waals surface area contributed by atoms with Crippen LogP contribution >= 0.6 is 0 Å². The summed E-state index contributed by atoms with van der Waals surface area (Å²) in [6.45, 7) is 4.94. The van der Waals surface area contributed by atoms with Gasteiger partial charge in [0.05, 0.1) is 25.4 Å². The van der Waals surface area contributed by atoms with E-state index in [-0.39, 0.29) is 18.5 Å². The monoisotopic (exact) mass is 972 g/mol. The highest BCUT2D eigenvalue weighted by atomic mass is 16.5. The number of allylic oxidation sites excluding steroid dienone is 4. The number of carbonyl (C=O) groups excluding carboxylic acids is 2. The Hall–Kier alpha value is -1.66. The van der Waals surface area contributed by atoms with Gasteiger partial charge in [-0.25, -0.2) is 0 Å². The Kier molecular flexibility index (Phi) is 57.5. The topological polar surface area (TPSA) is 95.9 Å². The largest absolute Gasteiger partial charge is 0.466 e.